The van der Waals surface area contributed by atoms with Gasteiger partial charge in [-0.3, -0.25) is 24.5 Å². The fourth-order valence-electron chi connectivity index (χ4n) is 2.44. The van der Waals surface area contributed by atoms with Crippen LogP contribution < -0.4 is 5.32 Å². The molecule has 1 aromatic rings. The number of alkyl halides is 1. The maximum atomic E-state index is 14.9. The number of carbonyl (C=O) groups is 4. The number of nitrogens with zero attached hydrogens (tertiary/aromatic N) is 1. The minimum atomic E-state index is -2.91. The number of piperidine rings is 1. The van der Waals surface area contributed by atoms with E-state index in [0.717, 1.165) is 6.07 Å². The van der Waals surface area contributed by atoms with E-state index >= 15 is 0 Å². The summed E-state index contributed by atoms with van der Waals surface area (Å²) in [6.07, 6.45) is -0.907. The number of phenolic OH excluding ortho intramolecular Hbond substituents is 1. The molecule has 7 nitrogen and oxygen atoms in total. The van der Waals surface area contributed by atoms with E-state index in [4.69, 9.17) is 0 Å². The maximum absolute atomic E-state index is 14.9. The number of nitrogens with one attached hydrogen (secondary N) is 1. The summed E-state index contributed by atoms with van der Waals surface area (Å²) in [5, 5.41) is 11.1. The number of imide groups is 2. The first-order chi connectivity index (χ1) is 9.84. The molecule has 0 aromatic heterocycles. The lowest BCUT2D eigenvalue weighted by molar-refractivity contribution is -0.151. The topological polar surface area (TPSA) is 104 Å². The molecule has 4 amide bonds. The van der Waals surface area contributed by atoms with E-state index in [2.05, 4.69) is 0 Å². The third-order valence-electron chi connectivity index (χ3n) is 3.51. The predicted octanol–water partition coefficient (Wildman–Crippen LogP) is 0.0906. The number of phenols is 1. The van der Waals surface area contributed by atoms with Gasteiger partial charge in [-0.1, -0.05) is 0 Å². The van der Waals surface area contributed by atoms with E-state index in [1.807, 2.05) is 0 Å². The first-order valence-electron chi connectivity index (χ1n) is 6.10. The van der Waals surface area contributed by atoms with Crippen molar-refractivity contribution in [2.75, 3.05) is 0 Å². The van der Waals surface area contributed by atoms with Crippen molar-refractivity contribution in [2.24, 2.45) is 0 Å². The predicted molar refractivity (Wildman–Crippen MR) is 64.8 cm³/mol. The summed E-state index contributed by atoms with van der Waals surface area (Å²) in [4.78, 5) is 47.4. The monoisotopic (exact) mass is 292 g/mol. The highest BCUT2D eigenvalue weighted by Crippen LogP contribution is 2.36. The smallest absolute Gasteiger partial charge is 0.285 e. The number of carbonyl (C=O) groups excluding carboxylic acids is 4. The summed E-state index contributed by atoms with van der Waals surface area (Å²) in [5.41, 5.74) is -0.277. The van der Waals surface area contributed by atoms with Gasteiger partial charge in [0.15, 0.2) is 0 Å². The molecule has 0 spiro atoms. The summed E-state index contributed by atoms with van der Waals surface area (Å²) >= 11 is 0. The van der Waals surface area contributed by atoms with Crippen molar-refractivity contribution in [2.45, 2.75) is 18.6 Å². The van der Waals surface area contributed by atoms with Gasteiger partial charge in [-0.25, -0.2) is 9.29 Å². The molecule has 1 saturated heterocycles. The molecule has 1 atom stereocenters. The van der Waals surface area contributed by atoms with E-state index in [0.29, 0.717) is 0 Å². The van der Waals surface area contributed by atoms with Gasteiger partial charge in [-0.15, -0.1) is 0 Å². The lowest BCUT2D eigenvalue weighted by atomic mass is 10.0. The Hall–Kier alpha value is -2.77. The van der Waals surface area contributed by atoms with Crippen molar-refractivity contribution >= 4 is 23.6 Å². The Labute approximate surface area is 117 Å². The largest absolute Gasteiger partial charge is 0.508 e. The molecule has 0 radical (unpaired) electrons. The minimum Gasteiger partial charge on any atom is -0.508 e. The van der Waals surface area contributed by atoms with Crippen LogP contribution in [-0.2, 0) is 9.59 Å². The van der Waals surface area contributed by atoms with Gasteiger partial charge >= 0.3 is 0 Å². The molecular formula is C13H9FN2O5. The normalized spacial score (nSPS) is 25.1. The summed E-state index contributed by atoms with van der Waals surface area (Å²) in [6.45, 7) is 0. The zero-order valence-corrected chi connectivity index (χ0v) is 10.6. The van der Waals surface area contributed by atoms with Gasteiger partial charge in [-0.05, 0) is 18.2 Å². The fourth-order valence-corrected chi connectivity index (χ4v) is 2.44. The van der Waals surface area contributed by atoms with Crippen LogP contribution in [0.5, 0.6) is 5.75 Å². The van der Waals surface area contributed by atoms with Crippen LogP contribution in [-0.4, -0.2) is 39.4 Å². The highest BCUT2D eigenvalue weighted by molar-refractivity contribution is 6.24. The van der Waals surface area contributed by atoms with Gasteiger partial charge in [0.25, 0.3) is 23.5 Å². The molecule has 0 saturated carbocycles. The molecule has 3 rings (SSSR count). The molecular weight excluding hydrogens is 283 g/mol. The van der Waals surface area contributed by atoms with Gasteiger partial charge in [0.1, 0.15) is 5.75 Å². The molecule has 108 valence electrons. The van der Waals surface area contributed by atoms with Crippen LogP contribution in [0.4, 0.5) is 4.39 Å². The Morgan fingerprint density at radius 2 is 1.81 bits per heavy atom. The van der Waals surface area contributed by atoms with Gasteiger partial charge in [0.05, 0.1) is 11.1 Å². The number of hydrogen-bond acceptors (Lipinski definition) is 5. The lowest BCUT2D eigenvalue weighted by Crippen LogP contribution is -2.61. The first-order valence-corrected chi connectivity index (χ1v) is 6.10. The molecule has 1 aromatic carbocycles. The third-order valence-corrected chi connectivity index (χ3v) is 3.51. The highest BCUT2D eigenvalue weighted by atomic mass is 19.1. The molecule has 0 aliphatic carbocycles. The van der Waals surface area contributed by atoms with Gasteiger partial charge in [0.2, 0.25) is 5.91 Å². The van der Waals surface area contributed by atoms with Crippen molar-refractivity contribution in [3.63, 3.8) is 0 Å². The highest BCUT2D eigenvalue weighted by Gasteiger charge is 2.56. The summed E-state index contributed by atoms with van der Waals surface area (Å²) < 4.78 is 14.9. The third kappa shape index (κ3) is 1.72. The molecule has 1 fully saturated rings. The number of fused-ring (bicyclic) bond motifs is 1. The standard InChI is InChI=1S/C13H9FN2O5/c14-13(4-3-9(18)15-12(13)21)16-10(19)7-2-1-6(17)5-8(7)11(16)20/h1-2,5,17H,3-4H2,(H,15,18,21). The molecule has 1 unspecified atom stereocenters. The second-order valence-corrected chi connectivity index (χ2v) is 4.81. The van der Waals surface area contributed by atoms with Crippen molar-refractivity contribution in [1.29, 1.82) is 0 Å². The summed E-state index contributed by atoms with van der Waals surface area (Å²) in [7, 11) is 0. The van der Waals surface area contributed by atoms with Crippen LogP contribution in [0.2, 0.25) is 0 Å². The number of amides is 4. The Balaban J connectivity index is 2.05. The van der Waals surface area contributed by atoms with Gasteiger partial charge in [-0.2, -0.15) is 0 Å². The van der Waals surface area contributed by atoms with Crippen LogP contribution in [0, 0.1) is 0 Å². The molecule has 2 aliphatic rings. The van der Waals surface area contributed by atoms with E-state index < -0.39 is 35.8 Å². The number of rotatable bonds is 1. The van der Waals surface area contributed by atoms with E-state index in [1.165, 1.54) is 12.1 Å². The molecule has 2 aliphatic heterocycles. The van der Waals surface area contributed by atoms with Crippen LogP contribution >= 0.6 is 0 Å². The van der Waals surface area contributed by atoms with Crippen molar-refractivity contribution in [1.82, 2.24) is 10.2 Å². The number of halogens is 1. The Morgan fingerprint density at radius 1 is 1.14 bits per heavy atom. The zero-order chi connectivity index (χ0) is 15.4. The summed E-state index contributed by atoms with van der Waals surface area (Å²) in [5.74, 6) is -7.15. The Morgan fingerprint density at radius 3 is 2.48 bits per heavy atom. The molecule has 2 N–H and O–H groups in total. The van der Waals surface area contributed by atoms with Gasteiger partial charge < -0.3 is 5.11 Å². The SMILES string of the molecule is O=C1CCC(F)(N2C(=O)c3ccc(O)cc3C2=O)C(=O)N1. The molecule has 0 bridgehead atoms. The maximum Gasteiger partial charge on any atom is 0.285 e. The number of hydrogen-bond donors (Lipinski definition) is 2. The van der Waals surface area contributed by atoms with Crippen LogP contribution in [0.3, 0.4) is 0 Å². The van der Waals surface area contributed by atoms with Crippen molar-refractivity contribution < 1.29 is 28.7 Å². The molecule has 21 heavy (non-hydrogen) atoms. The van der Waals surface area contributed by atoms with E-state index in [9.17, 15) is 28.7 Å². The van der Waals surface area contributed by atoms with E-state index in [-0.39, 0.29) is 28.2 Å². The number of aromatic hydroxyl groups is 1. The Kier molecular flexibility index (Phi) is 2.59. The van der Waals surface area contributed by atoms with Crippen LogP contribution in [0.1, 0.15) is 33.6 Å². The molecule has 2 heterocycles. The second-order valence-electron chi connectivity index (χ2n) is 4.81. The van der Waals surface area contributed by atoms with Gasteiger partial charge in [0, 0.05) is 12.8 Å². The quantitative estimate of drug-likeness (QED) is 0.564. The van der Waals surface area contributed by atoms with Crippen LogP contribution in [0.25, 0.3) is 0 Å². The Bertz CT molecular complexity index is 717. The second kappa shape index (κ2) is 4.11. The number of benzene rings is 1. The fraction of sp³-hybridized carbons (Fsp3) is 0.231. The van der Waals surface area contributed by atoms with Crippen LogP contribution in [0.15, 0.2) is 18.2 Å². The van der Waals surface area contributed by atoms with Crippen molar-refractivity contribution in [3.05, 3.63) is 29.3 Å². The lowest BCUT2D eigenvalue weighted by Gasteiger charge is -2.33. The first kappa shape index (κ1) is 13.2. The average Bonchev–Trinajstić information content (AvgIpc) is 2.67. The molecule has 8 heteroatoms. The summed E-state index contributed by atoms with van der Waals surface area (Å²) in [6, 6.07) is 3.40. The minimum absolute atomic E-state index is 0.0977. The average molecular weight is 292 g/mol. The zero-order valence-electron chi connectivity index (χ0n) is 10.6. The van der Waals surface area contributed by atoms with E-state index in [1.54, 1.807) is 5.32 Å². The van der Waals surface area contributed by atoms with Crippen molar-refractivity contribution in [3.8, 4) is 5.75 Å².